The maximum atomic E-state index is 6.81. The van der Waals surface area contributed by atoms with Gasteiger partial charge in [0.1, 0.15) is 11.5 Å². The van der Waals surface area contributed by atoms with Crippen molar-refractivity contribution in [3.8, 4) is 34.0 Å². The molecule has 0 aliphatic carbocycles. The van der Waals surface area contributed by atoms with Crippen molar-refractivity contribution in [2.24, 2.45) is 0 Å². The van der Waals surface area contributed by atoms with Crippen LogP contribution in [0.15, 0.2) is 97.8 Å². The predicted octanol–water partition coefficient (Wildman–Crippen LogP) is 9.29. The Morgan fingerprint density at radius 3 is 1.37 bits per heavy atom. The molecule has 0 unspecified atom stereocenters. The number of hydrogen-bond donors (Lipinski definition) is 0. The van der Waals surface area contributed by atoms with Crippen molar-refractivity contribution in [3.63, 3.8) is 0 Å². The van der Waals surface area contributed by atoms with E-state index in [1.165, 1.54) is 11.1 Å². The summed E-state index contributed by atoms with van der Waals surface area (Å²) < 4.78 is 6.81. The zero-order chi connectivity index (χ0) is 28.8. The van der Waals surface area contributed by atoms with E-state index >= 15 is 0 Å². The average molecular weight is 539 g/mol. The number of hydrogen-bond acceptors (Lipinski definition) is 5. The minimum Gasteiger partial charge on any atom is -0.456 e. The van der Waals surface area contributed by atoms with Gasteiger partial charge in [0.05, 0.1) is 11.4 Å². The van der Waals surface area contributed by atoms with Crippen LogP contribution < -0.4 is 4.74 Å². The summed E-state index contributed by atoms with van der Waals surface area (Å²) in [6, 6.07) is 20.9. The summed E-state index contributed by atoms with van der Waals surface area (Å²) in [6.45, 7) is 13.3. The van der Waals surface area contributed by atoms with Gasteiger partial charge in [-0.05, 0) is 82.6 Å². The molecule has 2 aromatic carbocycles. The number of pyridine rings is 4. The van der Waals surface area contributed by atoms with Gasteiger partial charge < -0.3 is 4.74 Å². The lowest BCUT2D eigenvalue weighted by atomic mass is 9.87. The van der Waals surface area contributed by atoms with Gasteiger partial charge >= 0.3 is 0 Å². The normalized spacial score (nSPS) is 12.1. The molecule has 4 aromatic heterocycles. The Balaban J connectivity index is 1.51. The van der Waals surface area contributed by atoms with Gasteiger partial charge in [0.25, 0.3) is 0 Å². The number of benzene rings is 2. The highest BCUT2D eigenvalue weighted by Crippen LogP contribution is 2.39. The van der Waals surface area contributed by atoms with Crippen molar-refractivity contribution in [1.82, 2.24) is 19.9 Å². The molecule has 0 N–H and O–H groups in total. The first-order valence-corrected chi connectivity index (χ1v) is 13.9. The smallest absolute Gasteiger partial charge is 0.136 e. The van der Waals surface area contributed by atoms with Crippen LogP contribution in [-0.4, -0.2) is 19.9 Å². The average Bonchev–Trinajstić information content (AvgIpc) is 2.96. The van der Waals surface area contributed by atoms with Crippen molar-refractivity contribution in [1.29, 1.82) is 0 Å². The molecule has 0 spiro atoms. The summed E-state index contributed by atoms with van der Waals surface area (Å²) >= 11 is 0. The Bertz CT molecular complexity index is 1760. The van der Waals surface area contributed by atoms with Gasteiger partial charge in [0, 0.05) is 69.9 Å². The highest BCUT2D eigenvalue weighted by molar-refractivity contribution is 5.95. The number of ether oxygens (including phenoxy) is 1. The van der Waals surface area contributed by atoms with Crippen LogP contribution in [0.25, 0.3) is 44.1 Å². The third-order valence-electron chi connectivity index (χ3n) is 7.49. The monoisotopic (exact) mass is 538 g/mol. The molecule has 0 atom stereocenters. The molecule has 5 heteroatoms. The topological polar surface area (TPSA) is 60.8 Å². The van der Waals surface area contributed by atoms with Crippen LogP contribution in [0, 0.1) is 0 Å². The van der Waals surface area contributed by atoms with Gasteiger partial charge in [-0.25, -0.2) is 0 Å². The highest BCUT2D eigenvalue weighted by atomic mass is 16.5. The van der Waals surface area contributed by atoms with Crippen LogP contribution in [0.2, 0.25) is 0 Å². The van der Waals surface area contributed by atoms with E-state index in [2.05, 4.69) is 100 Å². The lowest BCUT2D eigenvalue weighted by Gasteiger charge is -2.20. The third kappa shape index (κ3) is 5.40. The maximum absolute atomic E-state index is 6.81. The fraction of sp³-hybridized carbons (Fsp3) is 0.222. The van der Waals surface area contributed by atoms with Crippen molar-refractivity contribution >= 4 is 21.5 Å². The minimum atomic E-state index is 0.0150. The molecule has 0 radical (unpaired) electrons. The number of nitrogens with zero attached hydrogens (tertiary/aromatic N) is 4. The van der Waals surface area contributed by atoms with Crippen LogP contribution in [0.3, 0.4) is 0 Å². The number of fused-ring (bicyclic) bond motifs is 2. The number of aromatic nitrogens is 4. The molecular formula is C36H34N4O. The predicted molar refractivity (Wildman–Crippen MR) is 167 cm³/mol. The Kier molecular flexibility index (Phi) is 6.53. The van der Waals surface area contributed by atoms with Crippen molar-refractivity contribution in [2.45, 2.75) is 52.4 Å². The van der Waals surface area contributed by atoms with E-state index in [1.807, 2.05) is 36.9 Å². The lowest BCUT2D eigenvalue weighted by molar-refractivity contribution is 0.494. The van der Waals surface area contributed by atoms with Crippen LogP contribution in [0.5, 0.6) is 11.5 Å². The molecule has 4 heterocycles. The maximum Gasteiger partial charge on any atom is 0.136 e. The first kappa shape index (κ1) is 26.6. The van der Waals surface area contributed by atoms with Crippen molar-refractivity contribution < 1.29 is 4.74 Å². The van der Waals surface area contributed by atoms with Crippen molar-refractivity contribution in [2.75, 3.05) is 0 Å². The minimum absolute atomic E-state index is 0.0150. The molecule has 0 aliphatic rings. The fourth-order valence-corrected chi connectivity index (χ4v) is 5.04. The second-order valence-corrected chi connectivity index (χ2v) is 12.6. The molecule has 0 saturated carbocycles. The molecule has 0 bridgehead atoms. The second-order valence-electron chi connectivity index (χ2n) is 12.6. The second kappa shape index (κ2) is 10.1. The summed E-state index contributed by atoms with van der Waals surface area (Å²) in [5.41, 5.74) is 6.25. The van der Waals surface area contributed by atoms with Crippen LogP contribution in [0.1, 0.15) is 52.7 Å². The zero-order valence-corrected chi connectivity index (χ0v) is 24.4. The molecule has 6 rings (SSSR count). The van der Waals surface area contributed by atoms with Gasteiger partial charge in [-0.1, -0.05) is 41.5 Å². The Morgan fingerprint density at radius 1 is 0.512 bits per heavy atom. The molecular weight excluding hydrogens is 504 g/mol. The first-order chi connectivity index (χ1) is 19.6. The Labute approximate surface area is 241 Å². The fourth-order valence-electron chi connectivity index (χ4n) is 5.04. The Morgan fingerprint density at radius 2 is 0.951 bits per heavy atom. The third-order valence-corrected chi connectivity index (χ3v) is 7.49. The van der Waals surface area contributed by atoms with Gasteiger partial charge in [-0.15, -0.1) is 0 Å². The van der Waals surface area contributed by atoms with Crippen LogP contribution in [-0.2, 0) is 10.8 Å². The lowest BCUT2D eigenvalue weighted by Crippen LogP contribution is -2.11. The van der Waals surface area contributed by atoms with E-state index in [4.69, 9.17) is 14.7 Å². The molecule has 6 aromatic rings. The molecule has 0 aliphatic heterocycles. The van der Waals surface area contributed by atoms with Crippen molar-refractivity contribution in [3.05, 3.63) is 109 Å². The standard InChI is InChI=1S/C36H34N4O/c1-35(2,3)27-7-13-39-31(19-27)23-15-25-21-37-11-9-29(25)33(17-23)41-34-18-24(16-26-22-38-12-10-30(26)34)32-20-28(8-14-40-32)36(4,5)6/h7-22H,1-6H3. The Hall–Kier alpha value is -4.64. The summed E-state index contributed by atoms with van der Waals surface area (Å²) in [7, 11) is 0. The van der Waals surface area contributed by atoms with E-state index in [1.54, 1.807) is 12.4 Å². The van der Waals surface area contributed by atoms with Gasteiger partial charge in [-0.3, -0.25) is 19.9 Å². The molecule has 0 fully saturated rings. The molecule has 5 nitrogen and oxygen atoms in total. The molecule has 41 heavy (non-hydrogen) atoms. The SMILES string of the molecule is CC(C)(C)c1ccnc(-c2cc(Oc3cc(-c4cc(C(C)(C)C)ccn4)cc4cnccc34)c3ccncc3c2)c1. The van der Waals surface area contributed by atoms with E-state index in [0.29, 0.717) is 0 Å². The largest absolute Gasteiger partial charge is 0.456 e. The van der Waals surface area contributed by atoms with E-state index in [0.717, 1.165) is 55.6 Å². The summed E-state index contributed by atoms with van der Waals surface area (Å²) in [5, 5.41) is 3.95. The molecule has 0 amide bonds. The highest BCUT2D eigenvalue weighted by Gasteiger charge is 2.18. The molecule has 204 valence electrons. The number of rotatable bonds is 4. The first-order valence-electron chi connectivity index (χ1n) is 13.9. The van der Waals surface area contributed by atoms with E-state index < -0.39 is 0 Å². The van der Waals surface area contributed by atoms with Gasteiger partial charge in [0.2, 0.25) is 0 Å². The quantitative estimate of drug-likeness (QED) is 0.224. The summed E-state index contributed by atoms with van der Waals surface area (Å²) in [4.78, 5) is 18.2. The summed E-state index contributed by atoms with van der Waals surface area (Å²) in [6.07, 6.45) is 11.1. The molecule has 0 saturated heterocycles. The van der Waals surface area contributed by atoms with Crippen LogP contribution in [0.4, 0.5) is 0 Å². The van der Waals surface area contributed by atoms with E-state index in [9.17, 15) is 0 Å². The van der Waals surface area contributed by atoms with E-state index in [-0.39, 0.29) is 10.8 Å². The summed E-state index contributed by atoms with van der Waals surface area (Å²) in [5.74, 6) is 1.49. The van der Waals surface area contributed by atoms with Crippen LogP contribution >= 0.6 is 0 Å². The zero-order valence-electron chi connectivity index (χ0n) is 24.4. The van der Waals surface area contributed by atoms with Gasteiger partial charge in [-0.2, -0.15) is 0 Å². The van der Waals surface area contributed by atoms with Gasteiger partial charge in [0.15, 0.2) is 0 Å².